The van der Waals surface area contributed by atoms with Crippen molar-refractivity contribution >= 4 is 17.9 Å². The molecule has 0 aromatic carbocycles. The first-order chi connectivity index (χ1) is 31.0. The van der Waals surface area contributed by atoms with Crippen LogP contribution in [0.3, 0.4) is 0 Å². The molecule has 0 unspecified atom stereocenters. The molecule has 0 radical (unpaired) electrons. The molecule has 0 saturated carbocycles. The van der Waals surface area contributed by atoms with Gasteiger partial charge < -0.3 is 14.2 Å². The van der Waals surface area contributed by atoms with Gasteiger partial charge in [0, 0.05) is 19.3 Å². The van der Waals surface area contributed by atoms with Crippen LogP contribution in [0.2, 0.25) is 0 Å². The zero-order valence-corrected chi connectivity index (χ0v) is 41.1. The molecule has 0 bridgehead atoms. The molecule has 0 heterocycles. The minimum absolute atomic E-state index is 0.108. The number of carbonyl (C=O) groups excluding carboxylic acids is 3. The predicted molar refractivity (Wildman–Crippen MR) is 270 cm³/mol. The highest BCUT2D eigenvalue weighted by Crippen LogP contribution is 2.14. The molecule has 63 heavy (non-hydrogen) atoms. The van der Waals surface area contributed by atoms with Gasteiger partial charge in [-0.1, -0.05) is 221 Å². The molecule has 0 rings (SSSR count). The lowest BCUT2D eigenvalue weighted by Gasteiger charge is -2.18. The predicted octanol–water partition coefficient (Wildman–Crippen LogP) is 17.2. The molecule has 6 heteroatoms. The van der Waals surface area contributed by atoms with Gasteiger partial charge in [0.05, 0.1) is 0 Å². The summed E-state index contributed by atoms with van der Waals surface area (Å²) in [4.78, 5) is 37.9. The first kappa shape index (κ1) is 59.6. The lowest BCUT2D eigenvalue weighted by molar-refractivity contribution is -0.166. The van der Waals surface area contributed by atoms with Crippen molar-refractivity contribution in [1.29, 1.82) is 0 Å². The van der Waals surface area contributed by atoms with E-state index in [1.54, 1.807) is 0 Å². The summed E-state index contributed by atoms with van der Waals surface area (Å²) in [7, 11) is 0. The third kappa shape index (κ3) is 49.5. The molecule has 0 aromatic rings. The zero-order chi connectivity index (χ0) is 45.8. The summed E-state index contributed by atoms with van der Waals surface area (Å²) in [5.41, 5.74) is 0. The first-order valence-corrected chi connectivity index (χ1v) is 26.1. The van der Waals surface area contributed by atoms with Crippen molar-refractivity contribution in [3.8, 4) is 0 Å². The maximum absolute atomic E-state index is 12.8. The van der Waals surface area contributed by atoms with Crippen molar-refractivity contribution in [2.75, 3.05) is 13.2 Å². The normalized spacial score (nSPS) is 12.7. The van der Waals surface area contributed by atoms with E-state index in [2.05, 4.69) is 93.7 Å². The highest BCUT2D eigenvalue weighted by molar-refractivity contribution is 5.71. The number of ether oxygens (including phenoxy) is 3. The van der Waals surface area contributed by atoms with Crippen molar-refractivity contribution in [1.82, 2.24) is 0 Å². The van der Waals surface area contributed by atoms with Crippen LogP contribution in [-0.4, -0.2) is 37.2 Å². The van der Waals surface area contributed by atoms with Crippen molar-refractivity contribution in [2.45, 2.75) is 245 Å². The van der Waals surface area contributed by atoms with Crippen LogP contribution in [0, 0.1) is 0 Å². The molecule has 0 amide bonds. The topological polar surface area (TPSA) is 78.9 Å². The molecule has 6 nitrogen and oxygen atoms in total. The molecule has 0 aliphatic heterocycles. The Kier molecular flexibility index (Phi) is 48.5. The minimum atomic E-state index is -0.818. The number of rotatable bonds is 46. The van der Waals surface area contributed by atoms with Gasteiger partial charge in [0.1, 0.15) is 13.2 Å². The fraction of sp³-hybridized carbons (Fsp3) is 0.702. The summed E-state index contributed by atoms with van der Waals surface area (Å²) in [6.07, 6.45) is 65.8. The second-order valence-corrected chi connectivity index (χ2v) is 17.1. The average Bonchev–Trinajstić information content (AvgIpc) is 3.28. The minimum Gasteiger partial charge on any atom is -0.462 e. The van der Waals surface area contributed by atoms with Crippen LogP contribution in [-0.2, 0) is 28.6 Å². The fourth-order valence-corrected chi connectivity index (χ4v) is 6.99. The van der Waals surface area contributed by atoms with Gasteiger partial charge in [-0.15, -0.1) is 0 Å². The van der Waals surface area contributed by atoms with E-state index in [1.807, 2.05) is 12.2 Å². The highest BCUT2D eigenvalue weighted by atomic mass is 16.6. The molecule has 0 aliphatic carbocycles. The van der Waals surface area contributed by atoms with Gasteiger partial charge in [-0.2, -0.15) is 0 Å². The standard InChI is InChI=1S/C57H96O6/c1-4-7-10-13-16-19-22-25-26-27-28-29-30-33-36-39-42-45-48-51-57(60)63-54(52-61-55(58)49-46-43-40-37-34-31-23-20-17-14-11-8-5-2)53-62-56(59)50-47-44-41-38-35-32-24-21-18-15-12-9-6-3/h7,10,16,19-20,23,25-26,28-29,33,36,42,45,54H,4-6,8-9,11-15,17-18,21-22,24,27,30-32,34-35,37-41,43-44,46-53H2,1-3H3/b10-7-,19-16-,23-20-,26-25-,29-28-,36-33-,45-42-/t54-/m1/s1. The van der Waals surface area contributed by atoms with Crippen molar-refractivity contribution in [3.63, 3.8) is 0 Å². The molecule has 0 N–H and O–H groups in total. The maximum atomic E-state index is 12.8. The Morgan fingerprint density at radius 1 is 0.333 bits per heavy atom. The van der Waals surface area contributed by atoms with Gasteiger partial charge in [-0.3, -0.25) is 14.4 Å². The molecule has 0 aliphatic rings. The van der Waals surface area contributed by atoms with Crippen molar-refractivity contribution in [2.24, 2.45) is 0 Å². The highest BCUT2D eigenvalue weighted by Gasteiger charge is 2.19. The van der Waals surface area contributed by atoms with Gasteiger partial charge in [-0.25, -0.2) is 0 Å². The Morgan fingerprint density at radius 2 is 0.651 bits per heavy atom. The Balaban J connectivity index is 4.52. The molecular formula is C57H96O6. The van der Waals surface area contributed by atoms with Crippen LogP contribution in [0.1, 0.15) is 239 Å². The lowest BCUT2D eigenvalue weighted by atomic mass is 10.0. The Labute approximate surface area is 388 Å². The van der Waals surface area contributed by atoms with Crippen molar-refractivity contribution < 1.29 is 28.6 Å². The molecule has 0 spiro atoms. The van der Waals surface area contributed by atoms with Crippen LogP contribution in [0.4, 0.5) is 0 Å². The van der Waals surface area contributed by atoms with E-state index < -0.39 is 12.1 Å². The number of esters is 3. The van der Waals surface area contributed by atoms with E-state index >= 15 is 0 Å². The zero-order valence-electron chi connectivity index (χ0n) is 41.1. The van der Waals surface area contributed by atoms with Gasteiger partial charge >= 0.3 is 17.9 Å². The molecule has 0 fully saturated rings. The van der Waals surface area contributed by atoms with Gasteiger partial charge in [0.15, 0.2) is 6.10 Å². The van der Waals surface area contributed by atoms with E-state index in [-0.39, 0.29) is 31.6 Å². The lowest BCUT2D eigenvalue weighted by Crippen LogP contribution is -2.30. The van der Waals surface area contributed by atoms with Crippen LogP contribution in [0.15, 0.2) is 85.1 Å². The Bertz CT molecular complexity index is 1240. The molecular weight excluding hydrogens is 781 g/mol. The summed E-state index contributed by atoms with van der Waals surface area (Å²) in [5, 5.41) is 0. The summed E-state index contributed by atoms with van der Waals surface area (Å²) in [5.74, 6) is -1.00. The number of hydrogen-bond donors (Lipinski definition) is 0. The van der Waals surface area contributed by atoms with E-state index in [1.165, 1.54) is 103 Å². The summed E-state index contributed by atoms with van der Waals surface area (Å²) in [6, 6.07) is 0. The Hall–Kier alpha value is -3.41. The van der Waals surface area contributed by atoms with Gasteiger partial charge in [-0.05, 0) is 83.5 Å². The Morgan fingerprint density at radius 3 is 1.05 bits per heavy atom. The SMILES string of the molecule is CC/C=C\C/C=C\C/C=C\C/C=C\C/C=C\C/C=C\CCC(=O)O[C@H](COC(=O)CCCCCCC/C=C\CCCCCC)COC(=O)CCCCCCCCCCCCCCC. The summed E-state index contributed by atoms with van der Waals surface area (Å²) in [6.45, 7) is 6.44. The average molecular weight is 877 g/mol. The van der Waals surface area contributed by atoms with E-state index in [0.717, 1.165) is 89.9 Å². The summed E-state index contributed by atoms with van der Waals surface area (Å²) < 4.78 is 16.7. The van der Waals surface area contributed by atoms with Crippen LogP contribution in [0.25, 0.3) is 0 Å². The third-order valence-electron chi connectivity index (χ3n) is 10.9. The third-order valence-corrected chi connectivity index (χ3v) is 10.9. The molecule has 0 saturated heterocycles. The quantitative estimate of drug-likeness (QED) is 0.0262. The largest absolute Gasteiger partial charge is 0.462 e. The molecule has 360 valence electrons. The molecule has 1 atom stereocenters. The van der Waals surface area contributed by atoms with Crippen LogP contribution in [0.5, 0.6) is 0 Å². The number of unbranched alkanes of at least 4 members (excludes halogenated alkanes) is 21. The number of carbonyl (C=O) groups is 3. The van der Waals surface area contributed by atoms with E-state index in [4.69, 9.17) is 14.2 Å². The van der Waals surface area contributed by atoms with E-state index in [0.29, 0.717) is 19.3 Å². The number of hydrogen-bond acceptors (Lipinski definition) is 6. The molecule has 0 aromatic heterocycles. The van der Waals surface area contributed by atoms with Crippen LogP contribution < -0.4 is 0 Å². The fourth-order valence-electron chi connectivity index (χ4n) is 6.99. The smallest absolute Gasteiger partial charge is 0.306 e. The van der Waals surface area contributed by atoms with Crippen molar-refractivity contribution in [3.05, 3.63) is 85.1 Å². The summed E-state index contributed by atoms with van der Waals surface area (Å²) >= 11 is 0. The first-order valence-electron chi connectivity index (χ1n) is 26.1. The van der Waals surface area contributed by atoms with E-state index in [9.17, 15) is 14.4 Å². The van der Waals surface area contributed by atoms with Gasteiger partial charge in [0.2, 0.25) is 0 Å². The monoisotopic (exact) mass is 877 g/mol. The van der Waals surface area contributed by atoms with Gasteiger partial charge in [0.25, 0.3) is 0 Å². The number of allylic oxidation sites excluding steroid dienone is 14. The maximum Gasteiger partial charge on any atom is 0.306 e. The van der Waals surface area contributed by atoms with Crippen LogP contribution >= 0.6 is 0 Å². The second kappa shape index (κ2) is 51.2. The second-order valence-electron chi connectivity index (χ2n) is 17.1.